The quantitative estimate of drug-likeness (QED) is 0.637. The van der Waals surface area contributed by atoms with Crippen molar-refractivity contribution in [3.05, 3.63) is 67.1 Å². The van der Waals surface area contributed by atoms with Crippen LogP contribution in [-0.4, -0.2) is 24.1 Å². The van der Waals surface area contributed by atoms with Gasteiger partial charge in [0.25, 0.3) is 11.2 Å². The van der Waals surface area contributed by atoms with E-state index in [4.69, 9.17) is 14.7 Å². The molecule has 0 amide bonds. The first kappa shape index (κ1) is 17.9. The molecule has 2 aromatic rings. The van der Waals surface area contributed by atoms with Crippen LogP contribution in [-0.2, 0) is 11.3 Å². The average Bonchev–Trinajstić information content (AvgIpc) is 2.60. The maximum absolute atomic E-state index is 12.0. The van der Waals surface area contributed by atoms with Gasteiger partial charge in [-0.05, 0) is 23.8 Å². The number of benzene rings is 1. The van der Waals surface area contributed by atoms with Crippen LogP contribution in [0.4, 0.5) is 5.69 Å². The number of H-pyrrole nitrogens is 1. The Balaban J connectivity index is 2.56. The number of ether oxygens (including phenoxy) is 2. The molecule has 128 valence electrons. The number of aromatic amines is 1. The third-order valence-corrected chi connectivity index (χ3v) is 3.46. The lowest BCUT2D eigenvalue weighted by molar-refractivity contribution is -0.386. The van der Waals surface area contributed by atoms with Gasteiger partial charge in [-0.3, -0.25) is 14.9 Å². The number of aromatic nitrogens is 1. The summed E-state index contributed by atoms with van der Waals surface area (Å²) in [5, 5.41) is 20.6. The molecule has 0 aliphatic carbocycles. The summed E-state index contributed by atoms with van der Waals surface area (Å²) >= 11 is 0. The lowest BCUT2D eigenvalue weighted by Crippen LogP contribution is -2.18. The highest BCUT2D eigenvalue weighted by molar-refractivity contribution is 5.74. The van der Waals surface area contributed by atoms with Crippen molar-refractivity contribution in [2.45, 2.75) is 6.61 Å². The summed E-state index contributed by atoms with van der Waals surface area (Å²) in [5.74, 6) is 0.678. The highest BCUT2D eigenvalue weighted by atomic mass is 16.6. The Hall–Kier alpha value is -3.44. The molecule has 1 heterocycles. The van der Waals surface area contributed by atoms with Crippen LogP contribution in [0.25, 0.3) is 12.2 Å². The van der Waals surface area contributed by atoms with Crippen LogP contribution in [0.15, 0.2) is 29.1 Å². The topological polar surface area (TPSA) is 118 Å². The summed E-state index contributed by atoms with van der Waals surface area (Å²) in [6.07, 6.45) is 3.03. The van der Waals surface area contributed by atoms with E-state index in [0.29, 0.717) is 5.75 Å². The van der Waals surface area contributed by atoms with E-state index < -0.39 is 10.5 Å². The van der Waals surface area contributed by atoms with Crippen molar-refractivity contribution in [2.75, 3.05) is 14.2 Å². The lowest BCUT2D eigenvalue weighted by atomic mass is 10.1. The minimum atomic E-state index is -0.700. The molecule has 0 atom stereocenters. The maximum atomic E-state index is 12.0. The van der Waals surface area contributed by atoms with Crippen molar-refractivity contribution in [1.82, 2.24) is 4.98 Å². The fraction of sp³-hybridized carbons (Fsp3) is 0.176. The molecule has 0 bridgehead atoms. The highest BCUT2D eigenvalue weighted by Gasteiger charge is 2.25. The van der Waals surface area contributed by atoms with Crippen LogP contribution in [0.1, 0.15) is 22.4 Å². The second-order valence-electron chi connectivity index (χ2n) is 4.98. The SMILES string of the molecule is COCc1c([N+](=O)[O-])c(/C=C/c2ccc(OC)cc2)[nH]c(=O)c1C#N. The lowest BCUT2D eigenvalue weighted by Gasteiger charge is -2.06. The van der Waals surface area contributed by atoms with Crippen molar-refractivity contribution < 1.29 is 14.4 Å². The second-order valence-corrected chi connectivity index (χ2v) is 4.98. The summed E-state index contributed by atoms with van der Waals surface area (Å²) in [4.78, 5) is 25.2. The molecule has 1 N–H and O–H groups in total. The van der Waals surface area contributed by atoms with Gasteiger partial charge in [0.05, 0.1) is 24.2 Å². The molecule has 0 aliphatic rings. The van der Waals surface area contributed by atoms with Gasteiger partial charge in [0.15, 0.2) is 0 Å². The van der Waals surface area contributed by atoms with Gasteiger partial charge >= 0.3 is 0 Å². The second kappa shape index (κ2) is 7.90. The molecule has 25 heavy (non-hydrogen) atoms. The van der Waals surface area contributed by atoms with Gasteiger partial charge in [-0.15, -0.1) is 0 Å². The molecular weight excluding hydrogens is 326 g/mol. The Kier molecular flexibility index (Phi) is 5.66. The van der Waals surface area contributed by atoms with E-state index >= 15 is 0 Å². The molecule has 0 saturated heterocycles. The minimum Gasteiger partial charge on any atom is -0.497 e. The van der Waals surface area contributed by atoms with E-state index in [0.717, 1.165) is 5.56 Å². The summed E-state index contributed by atoms with van der Waals surface area (Å²) in [5.41, 5.74) is -0.675. The molecule has 0 unspecified atom stereocenters. The number of nitriles is 1. The standard InChI is InChI=1S/C17H15N3O5/c1-24-10-14-13(9-18)17(21)19-15(16(14)20(22)23)8-5-11-3-6-12(25-2)7-4-11/h3-8H,10H2,1-2H3,(H,19,21)/b8-5+. The number of nitro groups is 1. The van der Waals surface area contributed by atoms with Crippen LogP contribution in [0.2, 0.25) is 0 Å². The van der Waals surface area contributed by atoms with E-state index in [1.54, 1.807) is 43.5 Å². The predicted octanol–water partition coefficient (Wildman–Crippen LogP) is 2.48. The zero-order valence-corrected chi connectivity index (χ0v) is 13.6. The summed E-state index contributed by atoms with van der Waals surface area (Å²) in [6.45, 7) is -0.216. The van der Waals surface area contributed by atoms with E-state index in [1.165, 1.54) is 13.2 Å². The Labute approximate surface area is 143 Å². The minimum absolute atomic E-state index is 0.00290. The van der Waals surface area contributed by atoms with Crippen molar-refractivity contribution >= 4 is 17.8 Å². The molecule has 2 rings (SSSR count). The number of hydrogen-bond acceptors (Lipinski definition) is 6. The Morgan fingerprint density at radius 1 is 1.28 bits per heavy atom. The molecule has 0 saturated carbocycles. The molecule has 8 nitrogen and oxygen atoms in total. The van der Waals surface area contributed by atoms with Crippen molar-refractivity contribution in [3.63, 3.8) is 0 Å². The van der Waals surface area contributed by atoms with Crippen LogP contribution in [0.5, 0.6) is 5.75 Å². The Morgan fingerprint density at radius 2 is 1.96 bits per heavy atom. The van der Waals surface area contributed by atoms with E-state index in [1.807, 2.05) is 0 Å². The molecule has 1 aromatic carbocycles. The number of pyridine rings is 1. The number of rotatable bonds is 6. The van der Waals surface area contributed by atoms with Gasteiger partial charge in [0, 0.05) is 7.11 Å². The maximum Gasteiger partial charge on any atom is 0.299 e. The average molecular weight is 341 g/mol. The fourth-order valence-corrected chi connectivity index (χ4v) is 2.29. The summed E-state index contributed by atoms with van der Waals surface area (Å²) in [7, 11) is 2.88. The summed E-state index contributed by atoms with van der Waals surface area (Å²) in [6, 6.07) is 8.70. The normalized spacial score (nSPS) is 10.6. The largest absolute Gasteiger partial charge is 0.497 e. The Bertz CT molecular complexity index is 908. The van der Waals surface area contributed by atoms with E-state index in [2.05, 4.69) is 4.98 Å². The van der Waals surface area contributed by atoms with Gasteiger partial charge in [-0.25, -0.2) is 0 Å². The molecule has 0 radical (unpaired) electrons. The molecule has 1 aromatic heterocycles. The molecule has 0 aliphatic heterocycles. The van der Waals surface area contributed by atoms with Crippen molar-refractivity contribution in [2.24, 2.45) is 0 Å². The number of nitrogens with one attached hydrogen (secondary N) is 1. The first-order chi connectivity index (χ1) is 12.0. The van der Waals surface area contributed by atoms with E-state index in [9.17, 15) is 14.9 Å². The van der Waals surface area contributed by atoms with E-state index in [-0.39, 0.29) is 29.1 Å². The number of methoxy groups -OCH3 is 2. The van der Waals surface area contributed by atoms with Gasteiger partial charge in [-0.2, -0.15) is 5.26 Å². The van der Waals surface area contributed by atoms with Gasteiger partial charge < -0.3 is 14.5 Å². The molecule has 0 spiro atoms. The van der Waals surface area contributed by atoms with Crippen LogP contribution < -0.4 is 10.3 Å². The molecular formula is C17H15N3O5. The molecule has 8 heteroatoms. The molecule has 0 fully saturated rings. The van der Waals surface area contributed by atoms with Crippen LogP contribution in [0, 0.1) is 21.4 Å². The van der Waals surface area contributed by atoms with Gasteiger partial charge in [-0.1, -0.05) is 18.2 Å². The monoisotopic (exact) mass is 341 g/mol. The van der Waals surface area contributed by atoms with Crippen LogP contribution in [0.3, 0.4) is 0 Å². The smallest absolute Gasteiger partial charge is 0.299 e. The third kappa shape index (κ3) is 3.91. The fourth-order valence-electron chi connectivity index (χ4n) is 2.29. The van der Waals surface area contributed by atoms with Crippen molar-refractivity contribution in [3.8, 4) is 11.8 Å². The zero-order chi connectivity index (χ0) is 18.4. The number of hydrogen-bond donors (Lipinski definition) is 1. The highest BCUT2D eigenvalue weighted by Crippen LogP contribution is 2.26. The zero-order valence-electron chi connectivity index (χ0n) is 13.6. The van der Waals surface area contributed by atoms with Crippen molar-refractivity contribution in [1.29, 1.82) is 5.26 Å². The predicted molar refractivity (Wildman–Crippen MR) is 91.1 cm³/mol. The number of nitrogens with zero attached hydrogens (tertiary/aromatic N) is 2. The van der Waals surface area contributed by atoms with Gasteiger partial charge in [0.2, 0.25) is 0 Å². The van der Waals surface area contributed by atoms with Crippen LogP contribution >= 0.6 is 0 Å². The van der Waals surface area contributed by atoms with Gasteiger partial charge in [0.1, 0.15) is 23.1 Å². The Morgan fingerprint density at radius 3 is 2.48 bits per heavy atom. The summed E-state index contributed by atoms with van der Waals surface area (Å²) < 4.78 is 9.97. The first-order valence-electron chi connectivity index (χ1n) is 7.16. The third-order valence-electron chi connectivity index (χ3n) is 3.46. The first-order valence-corrected chi connectivity index (χ1v) is 7.16.